The summed E-state index contributed by atoms with van der Waals surface area (Å²) in [5.74, 6) is -1.45. The van der Waals surface area contributed by atoms with Gasteiger partial charge < -0.3 is 9.64 Å². The van der Waals surface area contributed by atoms with Crippen molar-refractivity contribution in [1.82, 2.24) is 0 Å². The number of hydrogen-bond acceptors (Lipinski definition) is 4. The Bertz CT molecular complexity index is 756. The molecule has 2 rings (SSSR count). The van der Waals surface area contributed by atoms with E-state index < -0.39 is 45.3 Å². The average Bonchev–Trinajstić information content (AvgIpc) is 2.68. The third kappa shape index (κ3) is 4.43. The van der Waals surface area contributed by atoms with Crippen molar-refractivity contribution in [1.29, 1.82) is 0 Å². The van der Waals surface area contributed by atoms with Crippen LogP contribution in [-0.4, -0.2) is 32.5 Å². The molecule has 1 unspecified atom stereocenters. The molecular weight excluding hydrogens is 450 g/mol. The summed E-state index contributed by atoms with van der Waals surface area (Å²) >= 11 is 8.89. The lowest BCUT2D eigenvalue weighted by Gasteiger charge is -2.22. The minimum Gasteiger partial charge on any atom is -0.403 e. The zero-order chi connectivity index (χ0) is 17.6. The summed E-state index contributed by atoms with van der Waals surface area (Å²) in [4.78, 5) is 12.8. The van der Waals surface area contributed by atoms with Crippen LogP contribution >= 0.6 is 38.2 Å². The van der Waals surface area contributed by atoms with E-state index in [1.54, 1.807) is 0 Å². The molecule has 0 N–H and O–H groups in total. The molecule has 5 nitrogen and oxygen atoms in total. The molecule has 128 valence electrons. The summed E-state index contributed by atoms with van der Waals surface area (Å²) in [6.07, 6.45) is -5.47. The number of carbonyl (C=O) groups is 1. The Morgan fingerprint density at radius 1 is 1.35 bits per heavy atom. The molecule has 23 heavy (non-hydrogen) atoms. The van der Waals surface area contributed by atoms with Crippen LogP contribution in [0.15, 0.2) is 16.6 Å². The van der Waals surface area contributed by atoms with E-state index in [2.05, 4.69) is 20.7 Å². The van der Waals surface area contributed by atoms with Crippen molar-refractivity contribution in [2.24, 2.45) is 0 Å². The molecule has 1 fully saturated rings. The topological polar surface area (TPSA) is 63.7 Å². The van der Waals surface area contributed by atoms with Gasteiger partial charge in [-0.1, -0.05) is 27.5 Å². The maximum absolute atomic E-state index is 12.5. The van der Waals surface area contributed by atoms with Crippen molar-refractivity contribution < 1.29 is 31.1 Å². The molecule has 0 aliphatic carbocycles. The number of nitrogens with zero attached hydrogens (tertiary/aromatic N) is 1. The van der Waals surface area contributed by atoms with Gasteiger partial charge >= 0.3 is 6.36 Å². The van der Waals surface area contributed by atoms with Gasteiger partial charge in [-0.15, -0.1) is 13.2 Å². The molecule has 1 atom stereocenters. The molecular formula is C11H7BrCl2F3NO4S. The number of rotatable bonds is 3. The molecule has 1 aromatic carbocycles. The monoisotopic (exact) mass is 455 g/mol. The highest BCUT2D eigenvalue weighted by atomic mass is 79.9. The van der Waals surface area contributed by atoms with Gasteiger partial charge in [-0.2, -0.15) is 0 Å². The smallest absolute Gasteiger partial charge is 0.403 e. The van der Waals surface area contributed by atoms with Gasteiger partial charge in [0.2, 0.25) is 15.0 Å². The molecule has 1 aliphatic heterocycles. The van der Waals surface area contributed by atoms with Crippen LogP contribution in [0.5, 0.6) is 5.75 Å². The Balaban J connectivity index is 2.49. The number of amides is 1. The third-order valence-corrected chi connectivity index (χ3v) is 5.59. The van der Waals surface area contributed by atoms with Crippen molar-refractivity contribution in [3.63, 3.8) is 0 Å². The lowest BCUT2D eigenvalue weighted by molar-refractivity contribution is -0.274. The molecule has 0 saturated carbocycles. The fourth-order valence-electron chi connectivity index (χ4n) is 2.09. The lowest BCUT2D eigenvalue weighted by Crippen LogP contribution is -2.28. The van der Waals surface area contributed by atoms with Crippen LogP contribution in [0.2, 0.25) is 5.02 Å². The minimum absolute atomic E-state index is 0.193. The predicted molar refractivity (Wildman–Crippen MR) is 81.4 cm³/mol. The lowest BCUT2D eigenvalue weighted by atomic mass is 10.2. The summed E-state index contributed by atoms with van der Waals surface area (Å²) in [6.45, 7) is -0.416. The van der Waals surface area contributed by atoms with Crippen LogP contribution in [0.25, 0.3) is 0 Å². The molecule has 0 radical (unpaired) electrons. The zero-order valence-electron chi connectivity index (χ0n) is 10.9. The van der Waals surface area contributed by atoms with Gasteiger partial charge in [0.1, 0.15) is 10.9 Å². The maximum Gasteiger partial charge on any atom is 0.573 e. The summed E-state index contributed by atoms with van der Waals surface area (Å²) in [7, 11) is 1.16. The van der Waals surface area contributed by atoms with Gasteiger partial charge in [-0.25, -0.2) is 8.42 Å². The van der Waals surface area contributed by atoms with Gasteiger partial charge in [-0.3, -0.25) is 4.79 Å². The van der Waals surface area contributed by atoms with E-state index in [1.165, 1.54) is 6.07 Å². The van der Waals surface area contributed by atoms with Crippen LogP contribution in [-0.2, 0) is 13.8 Å². The second-order valence-corrected chi connectivity index (χ2v) is 8.82. The van der Waals surface area contributed by atoms with Crippen molar-refractivity contribution in [2.45, 2.75) is 18.0 Å². The molecule has 12 heteroatoms. The number of anilines is 1. The predicted octanol–water partition coefficient (Wildman–Crippen LogP) is 3.68. The highest BCUT2D eigenvalue weighted by Gasteiger charge is 2.41. The normalized spacial score (nSPS) is 19.3. The Morgan fingerprint density at radius 3 is 2.43 bits per heavy atom. The summed E-state index contributed by atoms with van der Waals surface area (Å²) in [5.41, 5.74) is -0.361. The van der Waals surface area contributed by atoms with Gasteiger partial charge in [0, 0.05) is 28.1 Å². The number of alkyl halides is 3. The molecule has 1 amide bonds. The van der Waals surface area contributed by atoms with Crippen LogP contribution < -0.4 is 9.64 Å². The van der Waals surface area contributed by atoms with Gasteiger partial charge in [-0.05, 0) is 12.1 Å². The fraction of sp³-hybridized carbons (Fsp3) is 0.364. The van der Waals surface area contributed by atoms with E-state index in [-0.39, 0.29) is 15.2 Å². The second-order valence-electron chi connectivity index (χ2n) is 4.59. The highest BCUT2D eigenvalue weighted by molar-refractivity contribution is 9.10. The molecule has 1 saturated heterocycles. The Hall–Kier alpha value is -0.710. The zero-order valence-corrected chi connectivity index (χ0v) is 14.8. The molecule has 1 aliphatic rings. The standard InChI is InChI=1S/C11H7BrCl2F3NO4S/c12-5-1-7(13)10(8(2-5)22-11(15,16)17)18-4-6(3-9(18)19)23(14,20)21/h1-2,6H,3-4H2. The van der Waals surface area contributed by atoms with E-state index in [1.807, 2.05) is 0 Å². The first kappa shape index (κ1) is 18.6. The first-order valence-corrected chi connectivity index (χ1v) is 9.41. The number of hydrogen-bond donors (Lipinski definition) is 0. The molecule has 1 heterocycles. The van der Waals surface area contributed by atoms with Crippen molar-refractivity contribution in [3.8, 4) is 5.75 Å². The number of halogens is 6. The van der Waals surface area contributed by atoms with E-state index in [4.69, 9.17) is 22.3 Å². The number of ether oxygens (including phenoxy) is 1. The Kier molecular flexibility index (Phi) is 5.10. The molecule has 0 spiro atoms. The van der Waals surface area contributed by atoms with E-state index in [0.29, 0.717) is 0 Å². The second kappa shape index (κ2) is 6.30. The Labute approximate surface area is 146 Å². The first-order chi connectivity index (χ1) is 10.4. The van der Waals surface area contributed by atoms with Crippen LogP contribution in [0.3, 0.4) is 0 Å². The summed E-state index contributed by atoms with van der Waals surface area (Å²) in [6, 6.07) is 2.24. The first-order valence-electron chi connectivity index (χ1n) is 5.87. The van der Waals surface area contributed by atoms with Gasteiger partial charge in [0.05, 0.1) is 5.02 Å². The average molecular weight is 457 g/mol. The SMILES string of the molecule is O=C1CC(S(=O)(=O)Cl)CN1c1c(Cl)cc(Br)cc1OC(F)(F)F. The Morgan fingerprint density at radius 2 is 1.96 bits per heavy atom. The van der Waals surface area contributed by atoms with E-state index >= 15 is 0 Å². The highest BCUT2D eigenvalue weighted by Crippen LogP contribution is 2.43. The van der Waals surface area contributed by atoms with Gasteiger partial charge in [0.15, 0.2) is 5.75 Å². The van der Waals surface area contributed by atoms with E-state index in [0.717, 1.165) is 11.0 Å². The van der Waals surface area contributed by atoms with Gasteiger partial charge in [0.25, 0.3) is 0 Å². The van der Waals surface area contributed by atoms with Crippen LogP contribution in [0.4, 0.5) is 18.9 Å². The van der Waals surface area contributed by atoms with Crippen molar-refractivity contribution in [3.05, 3.63) is 21.6 Å². The third-order valence-electron chi connectivity index (χ3n) is 2.98. The van der Waals surface area contributed by atoms with Crippen molar-refractivity contribution >= 4 is 58.9 Å². The minimum atomic E-state index is -5.01. The largest absolute Gasteiger partial charge is 0.573 e. The van der Waals surface area contributed by atoms with Crippen LogP contribution in [0.1, 0.15) is 6.42 Å². The quantitative estimate of drug-likeness (QED) is 0.651. The fourth-order valence-corrected chi connectivity index (χ4v) is 3.99. The molecule has 0 bridgehead atoms. The number of carbonyl (C=O) groups excluding carboxylic acids is 1. The number of benzene rings is 1. The molecule has 1 aromatic rings. The van der Waals surface area contributed by atoms with E-state index in [9.17, 15) is 26.4 Å². The summed E-state index contributed by atoms with van der Waals surface area (Å²) < 4.78 is 64.4. The molecule has 0 aromatic heterocycles. The van der Waals surface area contributed by atoms with Crippen molar-refractivity contribution in [2.75, 3.05) is 11.4 Å². The maximum atomic E-state index is 12.5. The summed E-state index contributed by atoms with van der Waals surface area (Å²) in [5, 5.41) is -1.45. The van der Waals surface area contributed by atoms with Crippen LogP contribution in [0, 0.1) is 0 Å².